The minimum atomic E-state index is 0.0541. The Morgan fingerprint density at radius 2 is 2.16 bits per heavy atom. The minimum Gasteiger partial charge on any atom is -0.383 e. The number of thioether (sulfide) groups is 1. The SMILES string of the molecule is CSc1sc(C(=N)N)cc1NC(=O)C1CCCCC1. The fourth-order valence-corrected chi connectivity index (χ4v) is 3.98. The Bertz CT molecular complexity index is 478. The van der Waals surface area contributed by atoms with E-state index in [0.717, 1.165) is 35.6 Å². The maximum atomic E-state index is 12.2. The van der Waals surface area contributed by atoms with Crippen molar-refractivity contribution in [3.05, 3.63) is 10.9 Å². The molecule has 6 heteroatoms. The van der Waals surface area contributed by atoms with Crippen LogP contribution in [0.1, 0.15) is 37.0 Å². The first-order chi connectivity index (χ1) is 9.11. The Balaban J connectivity index is 2.08. The number of hydrogen-bond donors (Lipinski definition) is 3. The molecule has 0 aliphatic heterocycles. The number of thiophene rings is 1. The number of nitrogens with two attached hydrogens (primary N) is 1. The van der Waals surface area contributed by atoms with Crippen molar-refractivity contribution in [1.82, 2.24) is 0 Å². The highest BCUT2D eigenvalue weighted by atomic mass is 32.2. The molecule has 1 amide bonds. The lowest BCUT2D eigenvalue weighted by molar-refractivity contribution is -0.120. The van der Waals surface area contributed by atoms with Crippen molar-refractivity contribution >= 4 is 40.5 Å². The van der Waals surface area contributed by atoms with Gasteiger partial charge in [0, 0.05) is 5.92 Å². The number of nitrogen functional groups attached to an aromatic ring is 1. The summed E-state index contributed by atoms with van der Waals surface area (Å²) in [5, 5.41) is 10.5. The average Bonchev–Trinajstić information content (AvgIpc) is 2.83. The zero-order valence-electron chi connectivity index (χ0n) is 11.0. The standard InChI is InChI=1S/C13H19N3OS2/c1-18-13-9(7-10(19-13)11(14)15)16-12(17)8-5-3-2-4-6-8/h7-8H,2-6H2,1H3,(H3,14,15)(H,16,17). The summed E-state index contributed by atoms with van der Waals surface area (Å²) in [4.78, 5) is 12.9. The van der Waals surface area contributed by atoms with E-state index in [-0.39, 0.29) is 17.7 Å². The quantitative estimate of drug-likeness (QED) is 0.453. The summed E-state index contributed by atoms with van der Waals surface area (Å²) in [6, 6.07) is 1.81. The number of carbonyl (C=O) groups is 1. The first-order valence-electron chi connectivity index (χ1n) is 6.45. The molecule has 1 aliphatic rings. The molecule has 0 aromatic carbocycles. The highest BCUT2D eigenvalue weighted by Crippen LogP contribution is 2.35. The van der Waals surface area contributed by atoms with Crippen molar-refractivity contribution in [2.45, 2.75) is 36.3 Å². The number of hydrogen-bond acceptors (Lipinski definition) is 4. The molecular weight excluding hydrogens is 278 g/mol. The maximum Gasteiger partial charge on any atom is 0.227 e. The summed E-state index contributed by atoms with van der Waals surface area (Å²) >= 11 is 3.03. The van der Waals surface area contributed by atoms with Crippen LogP contribution in [0.25, 0.3) is 0 Å². The van der Waals surface area contributed by atoms with Gasteiger partial charge in [0.1, 0.15) is 5.84 Å². The van der Waals surface area contributed by atoms with E-state index in [2.05, 4.69) is 5.32 Å². The Labute approximate surface area is 121 Å². The van der Waals surface area contributed by atoms with Gasteiger partial charge in [0.05, 0.1) is 14.8 Å². The Morgan fingerprint density at radius 3 is 2.74 bits per heavy atom. The molecule has 1 heterocycles. The molecule has 0 saturated heterocycles. The summed E-state index contributed by atoms with van der Waals surface area (Å²) in [5.74, 6) is 0.311. The first kappa shape index (κ1) is 14.4. The second-order valence-electron chi connectivity index (χ2n) is 4.75. The van der Waals surface area contributed by atoms with Gasteiger partial charge in [-0.1, -0.05) is 19.3 Å². The largest absolute Gasteiger partial charge is 0.383 e. The van der Waals surface area contributed by atoms with E-state index in [4.69, 9.17) is 11.1 Å². The molecule has 0 radical (unpaired) electrons. The second kappa shape index (κ2) is 6.43. The summed E-state index contributed by atoms with van der Waals surface area (Å²) < 4.78 is 1.01. The van der Waals surface area contributed by atoms with E-state index in [1.54, 1.807) is 17.8 Å². The van der Waals surface area contributed by atoms with Crippen molar-refractivity contribution in [2.75, 3.05) is 11.6 Å². The predicted octanol–water partition coefficient (Wildman–Crippen LogP) is 3.27. The van der Waals surface area contributed by atoms with Crippen LogP contribution in [0.15, 0.2) is 10.3 Å². The zero-order chi connectivity index (χ0) is 13.8. The number of rotatable bonds is 4. The molecule has 1 saturated carbocycles. The van der Waals surface area contributed by atoms with Crippen LogP contribution in [-0.2, 0) is 4.79 Å². The smallest absolute Gasteiger partial charge is 0.227 e. The number of carbonyl (C=O) groups excluding carboxylic acids is 1. The molecule has 0 spiro atoms. The molecule has 1 aliphatic carbocycles. The van der Waals surface area contributed by atoms with Gasteiger partial charge in [0.2, 0.25) is 5.91 Å². The monoisotopic (exact) mass is 297 g/mol. The fourth-order valence-electron chi connectivity index (χ4n) is 2.35. The Morgan fingerprint density at radius 1 is 1.47 bits per heavy atom. The van der Waals surface area contributed by atoms with Crippen molar-refractivity contribution in [1.29, 1.82) is 5.41 Å². The van der Waals surface area contributed by atoms with Crippen LogP contribution in [0, 0.1) is 11.3 Å². The molecule has 1 aromatic heterocycles. The van der Waals surface area contributed by atoms with Gasteiger partial charge in [-0.25, -0.2) is 0 Å². The lowest BCUT2D eigenvalue weighted by Crippen LogP contribution is -2.24. The Kier molecular flexibility index (Phi) is 4.87. The lowest BCUT2D eigenvalue weighted by atomic mass is 9.88. The topological polar surface area (TPSA) is 79.0 Å². The van der Waals surface area contributed by atoms with Gasteiger partial charge >= 0.3 is 0 Å². The molecule has 0 unspecified atom stereocenters. The van der Waals surface area contributed by atoms with Crippen LogP contribution in [-0.4, -0.2) is 18.0 Å². The Hall–Kier alpha value is -1.01. The van der Waals surface area contributed by atoms with Gasteiger partial charge in [-0.05, 0) is 25.2 Å². The van der Waals surface area contributed by atoms with Gasteiger partial charge in [0.25, 0.3) is 0 Å². The molecule has 104 valence electrons. The van der Waals surface area contributed by atoms with Crippen molar-refractivity contribution in [3.63, 3.8) is 0 Å². The highest BCUT2D eigenvalue weighted by Gasteiger charge is 2.22. The van der Waals surface area contributed by atoms with E-state index in [1.807, 2.05) is 6.26 Å². The number of amides is 1. The van der Waals surface area contributed by atoms with Crippen LogP contribution in [0.3, 0.4) is 0 Å². The molecule has 0 bridgehead atoms. The maximum absolute atomic E-state index is 12.2. The molecular formula is C13H19N3OS2. The van der Waals surface area contributed by atoms with Crippen molar-refractivity contribution in [2.24, 2.45) is 11.7 Å². The first-order valence-corrected chi connectivity index (χ1v) is 8.49. The van der Waals surface area contributed by atoms with Gasteiger partial charge in [-0.15, -0.1) is 23.1 Å². The molecule has 1 fully saturated rings. The molecule has 4 nitrogen and oxygen atoms in total. The highest BCUT2D eigenvalue weighted by molar-refractivity contribution is 8.00. The number of amidine groups is 1. The second-order valence-corrected chi connectivity index (χ2v) is 6.88. The normalized spacial score (nSPS) is 16.3. The van der Waals surface area contributed by atoms with Gasteiger partial charge in [-0.3, -0.25) is 10.2 Å². The summed E-state index contributed by atoms with van der Waals surface area (Å²) in [5.41, 5.74) is 6.30. The average molecular weight is 297 g/mol. The van der Waals surface area contributed by atoms with Gasteiger partial charge < -0.3 is 11.1 Å². The lowest BCUT2D eigenvalue weighted by Gasteiger charge is -2.20. The van der Waals surface area contributed by atoms with Crippen LogP contribution in [0.2, 0.25) is 0 Å². The molecule has 19 heavy (non-hydrogen) atoms. The van der Waals surface area contributed by atoms with E-state index in [1.165, 1.54) is 17.8 Å². The number of nitrogens with one attached hydrogen (secondary N) is 2. The summed E-state index contributed by atoms with van der Waals surface area (Å²) in [6.07, 6.45) is 7.48. The van der Waals surface area contributed by atoms with Gasteiger partial charge in [-0.2, -0.15) is 0 Å². The molecule has 0 atom stereocenters. The van der Waals surface area contributed by atoms with E-state index in [0.29, 0.717) is 4.88 Å². The van der Waals surface area contributed by atoms with Gasteiger partial charge in [0.15, 0.2) is 0 Å². The van der Waals surface area contributed by atoms with Crippen LogP contribution in [0.4, 0.5) is 5.69 Å². The minimum absolute atomic E-state index is 0.0541. The van der Waals surface area contributed by atoms with Crippen LogP contribution >= 0.6 is 23.1 Å². The fraction of sp³-hybridized carbons (Fsp3) is 0.538. The zero-order valence-corrected chi connectivity index (χ0v) is 12.6. The summed E-state index contributed by atoms with van der Waals surface area (Å²) in [7, 11) is 0. The van der Waals surface area contributed by atoms with E-state index in [9.17, 15) is 4.79 Å². The predicted molar refractivity (Wildman–Crippen MR) is 82.3 cm³/mol. The third kappa shape index (κ3) is 3.51. The third-order valence-electron chi connectivity index (χ3n) is 3.38. The molecule has 2 rings (SSSR count). The summed E-state index contributed by atoms with van der Waals surface area (Å²) in [6.45, 7) is 0. The molecule has 4 N–H and O–H groups in total. The van der Waals surface area contributed by atoms with E-state index >= 15 is 0 Å². The van der Waals surface area contributed by atoms with Crippen LogP contribution in [0.5, 0.6) is 0 Å². The van der Waals surface area contributed by atoms with Crippen molar-refractivity contribution < 1.29 is 4.79 Å². The van der Waals surface area contributed by atoms with E-state index < -0.39 is 0 Å². The van der Waals surface area contributed by atoms with Crippen molar-refractivity contribution in [3.8, 4) is 0 Å². The van der Waals surface area contributed by atoms with Crippen LogP contribution < -0.4 is 11.1 Å². The third-order valence-corrected chi connectivity index (χ3v) is 5.69. The number of anilines is 1. The molecule has 1 aromatic rings.